The second-order valence-corrected chi connectivity index (χ2v) is 8.92. The second kappa shape index (κ2) is 8.31. The van der Waals surface area contributed by atoms with Crippen LogP contribution in [0.1, 0.15) is 39.5 Å². The normalized spacial score (nSPS) is 12.1. The first-order chi connectivity index (χ1) is 14.0. The molecule has 0 aliphatic heterocycles. The van der Waals surface area contributed by atoms with Crippen LogP contribution in [0, 0.1) is 13.8 Å². The summed E-state index contributed by atoms with van der Waals surface area (Å²) in [6, 6.07) is 13.1. The van der Waals surface area contributed by atoms with E-state index in [9.17, 15) is 4.79 Å². The van der Waals surface area contributed by atoms with Crippen molar-refractivity contribution in [3.05, 3.63) is 76.7 Å². The molecule has 4 aromatic rings. The number of nitrogens with one attached hydrogen (secondary N) is 1. The summed E-state index contributed by atoms with van der Waals surface area (Å²) in [4.78, 5) is 29.3. The summed E-state index contributed by atoms with van der Waals surface area (Å²) in [6.07, 6.45) is 3.32. The monoisotopic (exact) mass is 420 g/mol. The maximum absolute atomic E-state index is 13.0. The van der Waals surface area contributed by atoms with E-state index in [0.717, 1.165) is 25.8 Å². The van der Waals surface area contributed by atoms with Crippen LogP contribution in [-0.2, 0) is 0 Å². The third-order valence-electron chi connectivity index (χ3n) is 4.75. The van der Waals surface area contributed by atoms with E-state index in [1.807, 2.05) is 49.4 Å². The molecule has 0 aliphatic carbocycles. The smallest absolute Gasteiger partial charge is 0.252 e. The third kappa shape index (κ3) is 4.02. The number of aryl methyl sites for hydroxylation is 2. The molecule has 29 heavy (non-hydrogen) atoms. The van der Waals surface area contributed by atoms with Crippen molar-refractivity contribution < 1.29 is 4.79 Å². The van der Waals surface area contributed by atoms with Crippen LogP contribution in [0.2, 0.25) is 0 Å². The van der Waals surface area contributed by atoms with Gasteiger partial charge in [-0.15, -0.1) is 11.3 Å². The van der Waals surface area contributed by atoms with Crippen LogP contribution in [0.5, 0.6) is 0 Å². The van der Waals surface area contributed by atoms with E-state index >= 15 is 0 Å². The molecule has 7 heteroatoms. The van der Waals surface area contributed by atoms with Gasteiger partial charge in [-0.25, -0.2) is 9.97 Å². The van der Waals surface area contributed by atoms with E-state index in [1.165, 1.54) is 22.2 Å². The Balaban J connectivity index is 1.63. The number of pyridine rings is 1. The number of carbonyl (C=O) groups is 1. The number of hydrogen-bond acceptors (Lipinski definition) is 6. The summed E-state index contributed by atoms with van der Waals surface area (Å²) in [5, 5.41) is 4.98. The molecule has 0 fully saturated rings. The molecule has 0 unspecified atom stereocenters. The quantitative estimate of drug-likeness (QED) is 0.441. The molecule has 0 saturated heterocycles. The summed E-state index contributed by atoms with van der Waals surface area (Å²) in [7, 11) is 0. The molecule has 0 spiro atoms. The molecule has 1 amide bonds. The predicted octanol–water partition coefficient (Wildman–Crippen LogP) is 5.35. The van der Waals surface area contributed by atoms with E-state index in [4.69, 9.17) is 0 Å². The van der Waals surface area contributed by atoms with Crippen LogP contribution in [0.15, 0.2) is 64.9 Å². The highest BCUT2D eigenvalue weighted by Crippen LogP contribution is 2.38. The molecular formula is C22H20N4OS2. The Morgan fingerprint density at radius 1 is 1.07 bits per heavy atom. The van der Waals surface area contributed by atoms with Gasteiger partial charge >= 0.3 is 0 Å². The summed E-state index contributed by atoms with van der Waals surface area (Å²) >= 11 is 3.17. The molecule has 0 bridgehead atoms. The zero-order valence-electron chi connectivity index (χ0n) is 16.3. The van der Waals surface area contributed by atoms with Crippen molar-refractivity contribution in [2.45, 2.75) is 36.7 Å². The molecular weight excluding hydrogens is 400 g/mol. The second-order valence-electron chi connectivity index (χ2n) is 6.69. The van der Waals surface area contributed by atoms with Crippen LogP contribution >= 0.6 is 23.1 Å². The number of fused-ring (bicyclic) bond motifs is 1. The van der Waals surface area contributed by atoms with Gasteiger partial charge in [0.2, 0.25) is 0 Å². The molecule has 0 saturated carbocycles. The van der Waals surface area contributed by atoms with Crippen LogP contribution in [-0.4, -0.2) is 20.9 Å². The average molecular weight is 421 g/mol. The molecule has 0 radical (unpaired) electrons. The molecule has 4 rings (SSSR count). The average Bonchev–Trinajstić information content (AvgIpc) is 3.03. The third-order valence-corrected chi connectivity index (χ3v) is 6.94. The lowest BCUT2D eigenvalue weighted by Crippen LogP contribution is -2.27. The fourth-order valence-electron chi connectivity index (χ4n) is 3.06. The fraction of sp³-hybridized carbons (Fsp3) is 0.182. The first kappa shape index (κ1) is 19.5. The van der Waals surface area contributed by atoms with Crippen molar-refractivity contribution >= 4 is 39.2 Å². The minimum Gasteiger partial charge on any atom is -0.344 e. The molecule has 146 valence electrons. The van der Waals surface area contributed by atoms with Gasteiger partial charge in [-0.1, -0.05) is 30.0 Å². The lowest BCUT2D eigenvalue weighted by molar-refractivity contribution is 0.0936. The first-order valence-corrected chi connectivity index (χ1v) is 10.9. The van der Waals surface area contributed by atoms with Crippen LogP contribution in [0.3, 0.4) is 0 Å². The van der Waals surface area contributed by atoms with Gasteiger partial charge in [-0.2, -0.15) is 0 Å². The number of nitrogens with zero attached hydrogens (tertiary/aromatic N) is 3. The maximum Gasteiger partial charge on any atom is 0.252 e. The topological polar surface area (TPSA) is 67.8 Å². The van der Waals surface area contributed by atoms with Crippen molar-refractivity contribution in [1.29, 1.82) is 0 Å². The summed E-state index contributed by atoms with van der Waals surface area (Å²) < 4.78 is 0. The SMILES string of the molecule is Cc1sc2ncnc(Sc3ccccc3C(=O)N[C@H](C)c3ccccn3)c2c1C. The minimum absolute atomic E-state index is 0.130. The Labute approximate surface area is 177 Å². The van der Waals surface area contributed by atoms with Gasteiger partial charge in [0.25, 0.3) is 5.91 Å². The van der Waals surface area contributed by atoms with Gasteiger partial charge in [0.15, 0.2) is 0 Å². The van der Waals surface area contributed by atoms with Crippen LogP contribution in [0.4, 0.5) is 0 Å². The first-order valence-electron chi connectivity index (χ1n) is 9.24. The molecule has 3 heterocycles. The Bertz CT molecular complexity index is 1170. The Kier molecular flexibility index (Phi) is 5.60. The lowest BCUT2D eigenvalue weighted by Gasteiger charge is -2.15. The standard InChI is InChI=1S/C22H20N4OS2/c1-13-15(3)28-21-19(13)22(25-12-24-21)29-18-10-5-4-8-16(18)20(27)26-14(2)17-9-6-7-11-23-17/h4-12,14H,1-3H3,(H,26,27)/t14-/m1/s1. The molecule has 0 aliphatic rings. The Morgan fingerprint density at radius 3 is 2.66 bits per heavy atom. The Hall–Kier alpha value is -2.77. The molecule has 3 aromatic heterocycles. The van der Waals surface area contributed by atoms with Crippen molar-refractivity contribution in [2.75, 3.05) is 0 Å². The molecule has 1 N–H and O–H groups in total. The van der Waals surface area contributed by atoms with Gasteiger partial charge in [0.1, 0.15) is 16.2 Å². The van der Waals surface area contributed by atoms with Crippen LogP contribution < -0.4 is 5.32 Å². The number of rotatable bonds is 5. The summed E-state index contributed by atoms with van der Waals surface area (Å²) in [6.45, 7) is 6.12. The van der Waals surface area contributed by atoms with Crippen molar-refractivity contribution in [3.8, 4) is 0 Å². The van der Waals surface area contributed by atoms with Crippen molar-refractivity contribution in [3.63, 3.8) is 0 Å². The predicted molar refractivity (Wildman–Crippen MR) is 118 cm³/mol. The van der Waals surface area contributed by atoms with Crippen molar-refractivity contribution in [2.24, 2.45) is 0 Å². The van der Waals surface area contributed by atoms with Gasteiger partial charge in [-0.3, -0.25) is 9.78 Å². The zero-order chi connectivity index (χ0) is 20.4. The van der Waals surface area contributed by atoms with Gasteiger partial charge in [-0.05, 0) is 50.6 Å². The van der Waals surface area contributed by atoms with E-state index in [2.05, 4.69) is 34.1 Å². The van der Waals surface area contributed by atoms with E-state index in [-0.39, 0.29) is 11.9 Å². The fourth-order valence-corrected chi connectivity index (χ4v) is 5.19. The number of amides is 1. The number of benzene rings is 1. The maximum atomic E-state index is 13.0. The highest BCUT2D eigenvalue weighted by atomic mass is 32.2. The highest BCUT2D eigenvalue weighted by molar-refractivity contribution is 7.99. The van der Waals surface area contributed by atoms with Gasteiger partial charge in [0, 0.05) is 21.4 Å². The van der Waals surface area contributed by atoms with Crippen molar-refractivity contribution in [1.82, 2.24) is 20.3 Å². The summed E-state index contributed by atoms with van der Waals surface area (Å²) in [5.41, 5.74) is 2.64. The minimum atomic E-state index is -0.186. The number of thiophene rings is 1. The molecule has 1 atom stereocenters. The van der Waals surface area contributed by atoms with E-state index in [0.29, 0.717) is 5.56 Å². The summed E-state index contributed by atoms with van der Waals surface area (Å²) in [5.74, 6) is -0.130. The number of aromatic nitrogens is 3. The van der Waals surface area contributed by atoms with Crippen LogP contribution in [0.25, 0.3) is 10.2 Å². The Morgan fingerprint density at radius 2 is 1.86 bits per heavy atom. The number of hydrogen-bond donors (Lipinski definition) is 1. The highest BCUT2D eigenvalue weighted by Gasteiger charge is 2.18. The largest absolute Gasteiger partial charge is 0.344 e. The van der Waals surface area contributed by atoms with Gasteiger partial charge < -0.3 is 5.32 Å². The number of carbonyl (C=O) groups excluding carboxylic acids is 1. The van der Waals surface area contributed by atoms with Gasteiger partial charge in [0.05, 0.1) is 17.3 Å². The molecule has 1 aromatic carbocycles. The lowest BCUT2D eigenvalue weighted by atomic mass is 10.1. The van der Waals surface area contributed by atoms with E-state index < -0.39 is 0 Å². The van der Waals surface area contributed by atoms with E-state index in [1.54, 1.807) is 23.9 Å². The molecule has 5 nitrogen and oxygen atoms in total. The zero-order valence-corrected chi connectivity index (χ0v) is 18.0.